The summed E-state index contributed by atoms with van der Waals surface area (Å²) < 4.78 is 0. The van der Waals surface area contributed by atoms with Crippen LogP contribution < -0.4 is 0 Å². The maximum absolute atomic E-state index is 9.79. The summed E-state index contributed by atoms with van der Waals surface area (Å²) in [7, 11) is 0. The van der Waals surface area contributed by atoms with E-state index in [4.69, 9.17) is 0 Å². The lowest BCUT2D eigenvalue weighted by Gasteiger charge is -2.19. The zero-order valence-corrected chi connectivity index (χ0v) is 8.85. The molecule has 2 saturated carbocycles. The van der Waals surface area contributed by atoms with Crippen LogP contribution in [0, 0.1) is 18.8 Å². The Labute approximate surface area is 89.7 Å². The highest BCUT2D eigenvalue weighted by molar-refractivity contribution is 5.84. The minimum atomic E-state index is 0.368. The summed E-state index contributed by atoms with van der Waals surface area (Å²) in [6.45, 7) is 1.91. The van der Waals surface area contributed by atoms with Crippen LogP contribution in [0.2, 0.25) is 0 Å². The molecule has 78 valence electrons. The Balaban J connectivity index is 1.78. The van der Waals surface area contributed by atoms with Gasteiger partial charge in [0.1, 0.15) is 5.75 Å². The number of benzene rings is 1. The van der Waals surface area contributed by atoms with Gasteiger partial charge in [-0.25, -0.2) is 0 Å². The lowest BCUT2D eigenvalue weighted by Crippen LogP contribution is -2.19. The van der Waals surface area contributed by atoms with Gasteiger partial charge in [0.25, 0.3) is 0 Å². The molecule has 2 aliphatic rings. The number of aliphatic imine (C=N–C) groups is 1. The molecule has 3 atom stereocenters. The predicted molar refractivity (Wildman–Crippen MR) is 60.4 cm³/mol. The first-order chi connectivity index (χ1) is 7.25. The Bertz CT molecular complexity index is 425. The number of fused-ring (bicyclic) bond motifs is 1. The number of para-hydroxylation sites is 1. The van der Waals surface area contributed by atoms with E-state index >= 15 is 0 Å². The van der Waals surface area contributed by atoms with Gasteiger partial charge < -0.3 is 5.11 Å². The van der Waals surface area contributed by atoms with Gasteiger partial charge in [-0.3, -0.25) is 4.99 Å². The van der Waals surface area contributed by atoms with Gasteiger partial charge in [-0.2, -0.15) is 0 Å². The highest BCUT2D eigenvalue weighted by atomic mass is 16.3. The van der Waals surface area contributed by atoms with E-state index in [2.05, 4.69) is 4.99 Å². The van der Waals surface area contributed by atoms with Gasteiger partial charge in [0.05, 0.1) is 6.04 Å². The molecule has 0 saturated heterocycles. The third-order valence-electron chi connectivity index (χ3n) is 3.69. The van der Waals surface area contributed by atoms with Crippen molar-refractivity contribution in [2.75, 3.05) is 0 Å². The summed E-state index contributed by atoms with van der Waals surface area (Å²) in [6, 6.07) is 6.31. The monoisotopic (exact) mass is 201 g/mol. The number of hydrogen-bond acceptors (Lipinski definition) is 2. The second-order valence-electron chi connectivity index (χ2n) is 4.75. The molecule has 1 N–H and O–H groups in total. The molecule has 15 heavy (non-hydrogen) atoms. The largest absolute Gasteiger partial charge is 0.507 e. The van der Waals surface area contributed by atoms with Gasteiger partial charge in [0.15, 0.2) is 0 Å². The van der Waals surface area contributed by atoms with E-state index in [9.17, 15) is 5.11 Å². The summed E-state index contributed by atoms with van der Waals surface area (Å²) >= 11 is 0. The van der Waals surface area contributed by atoms with E-state index in [1.165, 1.54) is 12.8 Å². The van der Waals surface area contributed by atoms with Crippen molar-refractivity contribution in [3.63, 3.8) is 0 Å². The van der Waals surface area contributed by atoms with Gasteiger partial charge in [-0.15, -0.1) is 0 Å². The van der Waals surface area contributed by atoms with Gasteiger partial charge in [0, 0.05) is 11.8 Å². The lowest BCUT2D eigenvalue weighted by atomic mass is 9.94. The van der Waals surface area contributed by atoms with E-state index in [-0.39, 0.29) is 0 Å². The van der Waals surface area contributed by atoms with Gasteiger partial charge in [-0.1, -0.05) is 12.1 Å². The summed E-state index contributed by atoms with van der Waals surface area (Å²) in [5, 5.41) is 9.79. The number of rotatable bonds is 2. The van der Waals surface area contributed by atoms with Crippen molar-refractivity contribution in [3.05, 3.63) is 29.3 Å². The van der Waals surface area contributed by atoms with Gasteiger partial charge in [0.2, 0.25) is 0 Å². The molecule has 0 radical (unpaired) electrons. The van der Waals surface area contributed by atoms with Crippen LogP contribution in [0.25, 0.3) is 0 Å². The normalized spacial score (nSPS) is 32.5. The third kappa shape index (κ3) is 1.44. The second kappa shape index (κ2) is 3.09. The van der Waals surface area contributed by atoms with E-state index in [0.29, 0.717) is 11.8 Å². The second-order valence-corrected chi connectivity index (χ2v) is 4.75. The van der Waals surface area contributed by atoms with Crippen molar-refractivity contribution in [1.29, 1.82) is 0 Å². The number of hydrogen-bond donors (Lipinski definition) is 1. The molecule has 1 aromatic rings. The molecular formula is C13H15NO. The van der Waals surface area contributed by atoms with Crippen LogP contribution in [-0.2, 0) is 0 Å². The van der Waals surface area contributed by atoms with Crippen LogP contribution in [0.15, 0.2) is 23.2 Å². The summed E-state index contributed by atoms with van der Waals surface area (Å²) in [5.74, 6) is 2.22. The molecule has 1 aromatic carbocycles. The van der Waals surface area contributed by atoms with Crippen molar-refractivity contribution in [1.82, 2.24) is 0 Å². The van der Waals surface area contributed by atoms with Crippen LogP contribution in [0.1, 0.15) is 24.0 Å². The molecule has 2 fully saturated rings. The average Bonchev–Trinajstić information content (AvgIpc) is 2.84. The first-order valence-corrected chi connectivity index (χ1v) is 5.57. The van der Waals surface area contributed by atoms with Gasteiger partial charge in [-0.05, 0) is 43.2 Å². The van der Waals surface area contributed by atoms with Crippen LogP contribution in [0.3, 0.4) is 0 Å². The summed E-state index contributed by atoms with van der Waals surface area (Å²) in [5.41, 5.74) is 1.76. The topological polar surface area (TPSA) is 32.6 Å². The zero-order chi connectivity index (χ0) is 10.4. The molecule has 2 nitrogen and oxygen atoms in total. The molecule has 3 unspecified atom stereocenters. The van der Waals surface area contributed by atoms with Crippen LogP contribution in [0.5, 0.6) is 5.75 Å². The van der Waals surface area contributed by atoms with Gasteiger partial charge >= 0.3 is 0 Å². The quantitative estimate of drug-likeness (QED) is 0.733. The van der Waals surface area contributed by atoms with Crippen molar-refractivity contribution >= 4 is 6.21 Å². The highest BCUT2D eigenvalue weighted by Gasteiger charge is 2.53. The van der Waals surface area contributed by atoms with Crippen molar-refractivity contribution in [2.24, 2.45) is 16.8 Å². The van der Waals surface area contributed by atoms with E-state index < -0.39 is 0 Å². The summed E-state index contributed by atoms with van der Waals surface area (Å²) in [4.78, 5) is 4.54. The Morgan fingerprint density at radius 1 is 1.40 bits per heavy atom. The standard InChI is InChI=1S/C13H15NO/c1-8-3-2-4-9(13(8)15)7-14-12-6-10-5-11(10)12/h2-4,7,10-12,15H,5-6H2,1H3. The number of phenols is 1. The Morgan fingerprint density at radius 3 is 2.93 bits per heavy atom. The lowest BCUT2D eigenvalue weighted by molar-refractivity contribution is 0.391. The smallest absolute Gasteiger partial charge is 0.127 e. The van der Waals surface area contributed by atoms with Crippen molar-refractivity contribution < 1.29 is 5.11 Å². The number of aromatic hydroxyl groups is 1. The molecule has 3 rings (SSSR count). The van der Waals surface area contributed by atoms with Crippen molar-refractivity contribution in [3.8, 4) is 5.75 Å². The number of phenolic OH excluding ortho intramolecular Hbond substituents is 1. The molecule has 0 amide bonds. The van der Waals surface area contributed by atoms with Crippen molar-refractivity contribution in [2.45, 2.75) is 25.8 Å². The Morgan fingerprint density at radius 2 is 2.27 bits per heavy atom. The number of nitrogens with zero attached hydrogens (tertiary/aromatic N) is 1. The molecule has 0 aliphatic heterocycles. The first kappa shape index (κ1) is 8.96. The molecule has 0 bridgehead atoms. The highest BCUT2D eigenvalue weighted by Crippen LogP contribution is 2.57. The fourth-order valence-corrected chi connectivity index (χ4v) is 2.44. The minimum absolute atomic E-state index is 0.368. The molecule has 0 spiro atoms. The van der Waals surface area contributed by atoms with E-state index in [0.717, 1.165) is 23.0 Å². The maximum atomic E-state index is 9.79. The van der Waals surface area contributed by atoms with Crippen LogP contribution in [0.4, 0.5) is 0 Å². The average molecular weight is 201 g/mol. The predicted octanol–water partition coefficient (Wildman–Crippen LogP) is 2.53. The molecule has 2 heteroatoms. The van der Waals surface area contributed by atoms with Crippen LogP contribution >= 0.6 is 0 Å². The Hall–Kier alpha value is -1.31. The zero-order valence-electron chi connectivity index (χ0n) is 8.85. The fraction of sp³-hybridized carbons (Fsp3) is 0.462. The first-order valence-electron chi connectivity index (χ1n) is 5.57. The fourth-order valence-electron chi connectivity index (χ4n) is 2.44. The number of aryl methyl sites for hydroxylation is 1. The molecular weight excluding hydrogens is 186 g/mol. The molecule has 2 aliphatic carbocycles. The maximum Gasteiger partial charge on any atom is 0.127 e. The molecule has 0 heterocycles. The minimum Gasteiger partial charge on any atom is -0.507 e. The van der Waals surface area contributed by atoms with E-state index in [1.54, 1.807) is 0 Å². The van der Waals surface area contributed by atoms with Crippen LogP contribution in [-0.4, -0.2) is 17.4 Å². The third-order valence-corrected chi connectivity index (χ3v) is 3.69. The van der Waals surface area contributed by atoms with E-state index in [1.807, 2.05) is 31.3 Å². The SMILES string of the molecule is Cc1cccc(C=NC2CC3CC32)c1O. The summed E-state index contributed by atoms with van der Waals surface area (Å²) in [6.07, 6.45) is 4.47. The molecule has 0 aromatic heterocycles. The Kier molecular flexibility index (Phi) is 1.84.